The molecule has 0 amide bonds. The summed E-state index contributed by atoms with van der Waals surface area (Å²) in [5.74, 6) is 0.157. The average Bonchev–Trinajstić information content (AvgIpc) is 2.46. The van der Waals surface area contributed by atoms with Gasteiger partial charge < -0.3 is 4.18 Å². The minimum Gasteiger partial charge on any atom is -0.379 e. The van der Waals surface area contributed by atoms with Gasteiger partial charge in [0.25, 0.3) is 5.69 Å². The van der Waals surface area contributed by atoms with E-state index in [2.05, 4.69) is 0 Å². The molecule has 0 aromatic heterocycles. The number of nitrogens with zero attached hydrogens (tertiary/aromatic N) is 1. The largest absolute Gasteiger partial charge is 0.379 e. The molecular formula is C16H17NO5S. The van der Waals surface area contributed by atoms with Gasteiger partial charge in [-0.1, -0.05) is 39.0 Å². The number of nitro benzene ring substituents is 1. The van der Waals surface area contributed by atoms with Crippen LogP contribution < -0.4 is 4.18 Å². The molecule has 6 nitrogen and oxygen atoms in total. The second kappa shape index (κ2) is 6.00. The Morgan fingerprint density at radius 1 is 1.04 bits per heavy atom. The third-order valence-electron chi connectivity index (χ3n) is 3.24. The topological polar surface area (TPSA) is 86.5 Å². The van der Waals surface area contributed by atoms with Crippen molar-refractivity contribution in [3.63, 3.8) is 0 Å². The maximum Gasteiger partial charge on any atom is 0.339 e. The van der Waals surface area contributed by atoms with Crippen LogP contribution in [0.3, 0.4) is 0 Å². The lowest BCUT2D eigenvalue weighted by Gasteiger charge is -2.19. The quantitative estimate of drug-likeness (QED) is 0.483. The maximum absolute atomic E-state index is 12.2. The summed E-state index contributed by atoms with van der Waals surface area (Å²) in [6, 6.07) is 11.5. The van der Waals surface area contributed by atoms with E-state index in [-0.39, 0.29) is 21.7 Å². The van der Waals surface area contributed by atoms with E-state index in [9.17, 15) is 18.5 Å². The molecule has 2 aromatic rings. The Balaban J connectivity index is 2.28. The van der Waals surface area contributed by atoms with Gasteiger partial charge in [0.1, 0.15) is 10.6 Å². The monoisotopic (exact) mass is 335 g/mol. The van der Waals surface area contributed by atoms with Crippen molar-refractivity contribution in [1.29, 1.82) is 0 Å². The van der Waals surface area contributed by atoms with Gasteiger partial charge in [0.15, 0.2) is 0 Å². The number of rotatable bonds is 4. The number of nitro groups is 1. The summed E-state index contributed by atoms with van der Waals surface area (Å²) in [6.07, 6.45) is 0. The molecule has 0 aliphatic carbocycles. The Bertz CT molecular complexity index is 820. The molecule has 2 rings (SSSR count). The molecule has 0 fully saturated rings. The maximum atomic E-state index is 12.2. The molecule has 0 atom stereocenters. The lowest BCUT2D eigenvalue weighted by atomic mass is 9.87. The Kier molecular flexibility index (Phi) is 4.42. The zero-order valence-corrected chi connectivity index (χ0v) is 13.8. The average molecular weight is 335 g/mol. The zero-order chi connectivity index (χ0) is 17.3. The van der Waals surface area contributed by atoms with E-state index < -0.39 is 15.0 Å². The zero-order valence-electron chi connectivity index (χ0n) is 13.0. The number of non-ortho nitro benzene ring substituents is 1. The summed E-state index contributed by atoms with van der Waals surface area (Å²) < 4.78 is 29.5. The smallest absolute Gasteiger partial charge is 0.339 e. The molecule has 0 radical (unpaired) electrons. The Morgan fingerprint density at radius 3 is 2.17 bits per heavy atom. The molecule has 0 N–H and O–H groups in total. The van der Waals surface area contributed by atoms with Crippen molar-refractivity contribution in [3.05, 3.63) is 64.2 Å². The molecule has 0 saturated heterocycles. The van der Waals surface area contributed by atoms with Gasteiger partial charge in [-0.05, 0) is 29.2 Å². The molecule has 23 heavy (non-hydrogen) atoms. The molecule has 0 saturated carbocycles. The predicted molar refractivity (Wildman–Crippen MR) is 86.1 cm³/mol. The van der Waals surface area contributed by atoms with Crippen LogP contribution in [0.2, 0.25) is 0 Å². The summed E-state index contributed by atoms with van der Waals surface area (Å²) in [5.41, 5.74) is 0.674. The Morgan fingerprint density at radius 2 is 1.65 bits per heavy atom. The molecule has 0 spiro atoms. The van der Waals surface area contributed by atoms with Crippen LogP contribution in [0.15, 0.2) is 53.4 Å². The van der Waals surface area contributed by atoms with E-state index in [4.69, 9.17) is 4.18 Å². The first-order chi connectivity index (χ1) is 10.6. The van der Waals surface area contributed by atoms with Gasteiger partial charge in [-0.2, -0.15) is 8.42 Å². The van der Waals surface area contributed by atoms with Crippen molar-refractivity contribution in [2.45, 2.75) is 31.1 Å². The number of benzene rings is 2. The second-order valence-corrected chi connectivity index (χ2v) is 7.61. The van der Waals surface area contributed by atoms with Crippen LogP contribution in [0.25, 0.3) is 0 Å². The summed E-state index contributed by atoms with van der Waals surface area (Å²) >= 11 is 0. The first-order valence-corrected chi connectivity index (χ1v) is 8.30. The fourth-order valence-corrected chi connectivity index (χ4v) is 2.91. The van der Waals surface area contributed by atoms with Crippen LogP contribution in [0.1, 0.15) is 26.3 Å². The minimum atomic E-state index is -4.12. The van der Waals surface area contributed by atoms with E-state index in [0.29, 0.717) is 0 Å². The van der Waals surface area contributed by atoms with Crippen LogP contribution in [0.5, 0.6) is 5.75 Å². The van der Waals surface area contributed by atoms with Crippen LogP contribution >= 0.6 is 0 Å². The summed E-state index contributed by atoms with van der Waals surface area (Å²) in [5, 5.41) is 10.7. The van der Waals surface area contributed by atoms with Gasteiger partial charge in [-0.15, -0.1) is 0 Å². The molecule has 0 unspecified atom stereocenters. The number of hydrogen-bond acceptors (Lipinski definition) is 5. The Labute approximate surface area is 135 Å². The van der Waals surface area contributed by atoms with Crippen molar-refractivity contribution in [3.8, 4) is 5.75 Å². The lowest BCUT2D eigenvalue weighted by Crippen LogP contribution is -2.12. The fraction of sp³-hybridized carbons (Fsp3) is 0.250. The summed E-state index contributed by atoms with van der Waals surface area (Å²) in [4.78, 5) is 9.83. The predicted octanol–water partition coefficient (Wildman–Crippen LogP) is 3.66. The van der Waals surface area contributed by atoms with E-state index in [1.54, 1.807) is 24.3 Å². The van der Waals surface area contributed by atoms with E-state index in [1.807, 2.05) is 20.8 Å². The first kappa shape index (κ1) is 17.0. The molecule has 7 heteroatoms. The van der Waals surface area contributed by atoms with Gasteiger partial charge in [-0.25, -0.2) is 0 Å². The van der Waals surface area contributed by atoms with Crippen LogP contribution in [-0.4, -0.2) is 13.3 Å². The first-order valence-electron chi connectivity index (χ1n) is 6.89. The van der Waals surface area contributed by atoms with E-state index in [0.717, 1.165) is 11.6 Å². The Hall–Kier alpha value is -2.41. The van der Waals surface area contributed by atoms with Gasteiger partial charge in [0.05, 0.1) is 4.92 Å². The highest BCUT2D eigenvalue weighted by Crippen LogP contribution is 2.26. The van der Waals surface area contributed by atoms with E-state index >= 15 is 0 Å². The van der Waals surface area contributed by atoms with Gasteiger partial charge in [-0.3, -0.25) is 10.1 Å². The fourth-order valence-electron chi connectivity index (χ4n) is 1.94. The van der Waals surface area contributed by atoms with Crippen molar-refractivity contribution in [2.75, 3.05) is 0 Å². The number of hydrogen-bond donors (Lipinski definition) is 0. The minimum absolute atomic E-state index is 0.0581. The molecule has 0 aliphatic rings. The summed E-state index contributed by atoms with van der Waals surface area (Å²) in [7, 11) is -4.12. The third kappa shape index (κ3) is 4.07. The van der Waals surface area contributed by atoms with Crippen molar-refractivity contribution in [1.82, 2.24) is 0 Å². The molecule has 0 heterocycles. The summed E-state index contributed by atoms with van der Waals surface area (Å²) in [6.45, 7) is 6.13. The van der Waals surface area contributed by atoms with Crippen LogP contribution in [0.4, 0.5) is 5.69 Å². The van der Waals surface area contributed by atoms with Crippen molar-refractivity contribution < 1.29 is 17.5 Å². The molecule has 2 aromatic carbocycles. The van der Waals surface area contributed by atoms with Gasteiger partial charge in [0, 0.05) is 12.1 Å². The lowest BCUT2D eigenvalue weighted by molar-refractivity contribution is -0.385. The highest BCUT2D eigenvalue weighted by Gasteiger charge is 2.20. The molecule has 122 valence electrons. The van der Waals surface area contributed by atoms with Gasteiger partial charge >= 0.3 is 10.1 Å². The molecule has 0 aliphatic heterocycles. The highest BCUT2D eigenvalue weighted by atomic mass is 32.2. The van der Waals surface area contributed by atoms with Crippen molar-refractivity contribution >= 4 is 15.8 Å². The second-order valence-electron chi connectivity index (χ2n) is 6.07. The third-order valence-corrected chi connectivity index (χ3v) is 4.49. The van der Waals surface area contributed by atoms with E-state index in [1.165, 1.54) is 18.2 Å². The highest BCUT2D eigenvalue weighted by molar-refractivity contribution is 7.87. The molecule has 0 bridgehead atoms. The van der Waals surface area contributed by atoms with Gasteiger partial charge in [0.2, 0.25) is 0 Å². The van der Waals surface area contributed by atoms with Crippen LogP contribution in [0, 0.1) is 10.1 Å². The van der Waals surface area contributed by atoms with Crippen molar-refractivity contribution in [2.24, 2.45) is 0 Å². The normalized spacial score (nSPS) is 12.0. The SMILES string of the molecule is CC(C)(C)c1ccc(OS(=O)(=O)c2cccc([N+](=O)[O-])c2)cc1. The van der Waals surface area contributed by atoms with Crippen LogP contribution in [-0.2, 0) is 15.5 Å². The standard InChI is InChI=1S/C16H17NO5S/c1-16(2,3)12-7-9-14(10-8-12)22-23(20,21)15-6-4-5-13(11-15)17(18)19/h4-11H,1-3H3. The molecular weight excluding hydrogens is 318 g/mol.